The van der Waals surface area contributed by atoms with Crippen molar-refractivity contribution >= 4 is 26.8 Å². The molecule has 1 aliphatic heterocycles. The van der Waals surface area contributed by atoms with E-state index in [-0.39, 0.29) is 7.43 Å². The van der Waals surface area contributed by atoms with Crippen molar-refractivity contribution in [2.24, 2.45) is 23.7 Å². The van der Waals surface area contributed by atoms with E-state index in [4.69, 9.17) is 23.9 Å². The molecule has 0 amide bonds. The van der Waals surface area contributed by atoms with Crippen molar-refractivity contribution in [3.05, 3.63) is 73.8 Å². The van der Waals surface area contributed by atoms with E-state index in [9.17, 15) is 0 Å². The van der Waals surface area contributed by atoms with Gasteiger partial charge < -0.3 is 17.3 Å². The number of hydrogen-bond donors (Lipinski definition) is 0. The van der Waals surface area contributed by atoms with Gasteiger partial charge in [-0.2, -0.15) is 6.20 Å². The van der Waals surface area contributed by atoms with Crippen LogP contribution in [0, 0.1) is 31.1 Å². The van der Waals surface area contributed by atoms with Gasteiger partial charge in [0, 0.05) is 0 Å². The summed E-state index contributed by atoms with van der Waals surface area (Å²) in [5.74, 6) is 2.70. The zero-order chi connectivity index (χ0) is 18.7. The molecule has 0 radical (unpaired) electrons. The van der Waals surface area contributed by atoms with E-state index in [0.29, 0.717) is 29.8 Å². The van der Waals surface area contributed by atoms with Crippen LogP contribution >= 0.6 is 18.6 Å². The van der Waals surface area contributed by atoms with Crippen LogP contribution in [0.4, 0.5) is 0 Å². The Hall–Kier alpha value is -0.189. The average Bonchev–Trinajstić information content (AvgIpc) is 3.25. The van der Waals surface area contributed by atoms with Crippen LogP contribution in [0.15, 0.2) is 61.0 Å². The molecule has 0 aromatic heterocycles. The zero-order valence-electron chi connectivity index (χ0n) is 16.6. The van der Waals surface area contributed by atoms with Crippen LogP contribution in [-0.4, -0.2) is 19.0 Å². The van der Waals surface area contributed by atoms with Gasteiger partial charge in [0.25, 0.3) is 0 Å². The summed E-state index contributed by atoms with van der Waals surface area (Å²) in [6.45, 7) is 7.37. The Bertz CT molecular complexity index is 610. The van der Waals surface area contributed by atoms with Crippen molar-refractivity contribution in [2.75, 3.05) is 0 Å². The summed E-state index contributed by atoms with van der Waals surface area (Å²) in [6, 6.07) is 0. The Morgan fingerprint density at radius 1 is 0.926 bits per heavy atom. The fraction of sp³-hybridized carbons (Fsp3) is 0.476. The summed E-state index contributed by atoms with van der Waals surface area (Å²) in [5.41, 5.74) is 0.742. The summed E-state index contributed by atoms with van der Waals surface area (Å²) in [6.07, 6.45) is 24.7. The van der Waals surface area contributed by atoms with Gasteiger partial charge in [0.05, 0.1) is 0 Å². The maximum atomic E-state index is 4.89. The Morgan fingerprint density at radius 2 is 1.37 bits per heavy atom. The van der Waals surface area contributed by atoms with Crippen LogP contribution in [0.25, 0.3) is 5.32 Å². The molecule has 148 valence electrons. The van der Waals surface area contributed by atoms with Gasteiger partial charge in [-0.1, -0.05) is 81.2 Å². The topological polar surface area (TPSA) is 17.3 Å². The van der Waals surface area contributed by atoms with Gasteiger partial charge in [0.2, 0.25) is 0 Å². The van der Waals surface area contributed by atoms with E-state index >= 15 is 0 Å². The van der Waals surface area contributed by atoms with E-state index in [1.54, 1.807) is 0 Å². The summed E-state index contributed by atoms with van der Waals surface area (Å²) in [5, 5.41) is 4.70. The van der Waals surface area contributed by atoms with Gasteiger partial charge in [0.1, 0.15) is 0 Å². The first-order valence-electron chi connectivity index (χ1n) is 9.37. The van der Waals surface area contributed by atoms with Crippen LogP contribution in [0.3, 0.4) is 0 Å². The van der Waals surface area contributed by atoms with Crippen molar-refractivity contribution < 1.29 is 17.0 Å². The molecule has 0 saturated heterocycles. The van der Waals surface area contributed by atoms with Crippen LogP contribution in [0.2, 0.25) is 18.6 Å². The molecule has 4 rings (SSSR count). The number of halogens is 2. The fourth-order valence-electron chi connectivity index (χ4n) is 5.40. The summed E-state index contributed by atoms with van der Waals surface area (Å²) in [4.78, 5) is 0. The Morgan fingerprint density at radius 3 is 1.81 bits per heavy atom. The van der Waals surface area contributed by atoms with Gasteiger partial charge in [-0.05, 0) is 35.4 Å². The zero-order valence-corrected chi connectivity index (χ0v) is 20.7. The SMILES string of the molecule is CC[C@H]1[N-]C=CN1[Si](C)(C)C1C2C=CC=CC2C2C=CC=CC21.[CH3-].[Cl][Ti][Cl]. The molecule has 1 fully saturated rings. The molecule has 6 heteroatoms. The first-order chi connectivity index (χ1) is 12.6. The van der Waals surface area contributed by atoms with Gasteiger partial charge >= 0.3 is 35.6 Å². The summed E-state index contributed by atoms with van der Waals surface area (Å²) in [7, 11) is 8.12. The summed E-state index contributed by atoms with van der Waals surface area (Å²) < 4.78 is 2.65. The predicted molar refractivity (Wildman–Crippen MR) is 118 cm³/mol. The molecule has 1 saturated carbocycles. The molecule has 1 heterocycles. The van der Waals surface area contributed by atoms with Crippen LogP contribution in [0.5, 0.6) is 0 Å². The molecule has 0 bridgehead atoms. The van der Waals surface area contributed by atoms with Crippen molar-refractivity contribution in [3.63, 3.8) is 0 Å². The third-order valence-electron chi connectivity index (χ3n) is 6.37. The number of rotatable bonds is 3. The van der Waals surface area contributed by atoms with Gasteiger partial charge in [-0.25, -0.2) is 0 Å². The second kappa shape index (κ2) is 10.0. The second-order valence-corrected chi connectivity index (χ2v) is 14.9. The van der Waals surface area contributed by atoms with Crippen LogP contribution in [0.1, 0.15) is 13.3 Å². The van der Waals surface area contributed by atoms with E-state index in [0.717, 1.165) is 12.0 Å². The number of hydrogen-bond acceptors (Lipinski definition) is 1. The predicted octanol–water partition coefficient (Wildman–Crippen LogP) is 7.02. The van der Waals surface area contributed by atoms with Crippen LogP contribution in [-0.2, 0) is 17.0 Å². The van der Waals surface area contributed by atoms with Gasteiger partial charge in [-0.3, -0.25) is 0 Å². The molecule has 0 aromatic rings. The Labute approximate surface area is 183 Å². The molecule has 0 N–H and O–H groups in total. The number of fused-ring (bicyclic) bond motifs is 3. The third-order valence-corrected chi connectivity index (χ3v) is 10.6. The minimum absolute atomic E-state index is 0. The minimum atomic E-state index is -1.66. The number of nitrogens with zero attached hydrogens (tertiary/aromatic N) is 2. The molecule has 2 nitrogen and oxygen atoms in total. The molecular formula is C21H30Cl2N2SiTi-2. The van der Waals surface area contributed by atoms with Crippen molar-refractivity contribution in [3.8, 4) is 0 Å². The Balaban J connectivity index is 0.000000614. The monoisotopic (exact) mass is 456 g/mol. The molecule has 4 aliphatic rings. The number of allylic oxidation sites excluding steroid dienone is 8. The Kier molecular flexibility index (Phi) is 8.57. The van der Waals surface area contributed by atoms with E-state index in [2.05, 4.69) is 79.4 Å². The molecule has 3 aliphatic carbocycles. The fourth-order valence-corrected chi connectivity index (χ4v) is 9.76. The van der Waals surface area contributed by atoms with E-state index < -0.39 is 25.3 Å². The van der Waals surface area contributed by atoms with Gasteiger partial charge in [-0.15, -0.1) is 0 Å². The normalized spacial score (nSPS) is 34.9. The maximum absolute atomic E-state index is 4.89. The molecule has 27 heavy (non-hydrogen) atoms. The van der Waals surface area contributed by atoms with E-state index in [1.807, 2.05) is 6.20 Å². The first-order valence-corrected chi connectivity index (χ1v) is 16.7. The standard InChI is InChI=1S/C20H27N2Si.CH3.2ClH.Ti/c1-4-19-21-13-14-22(19)23(2,3)20-17-11-7-5-9-15(17)16-10-6-8-12-18(16)20;;;;/h5-20H,4H2,1-3H3;1H3;2*1H;/q2*-1;;;+2/p-2/t15?,16?,17?,18?,19-,20?;;;;/m0..../s1. The molecule has 0 aromatic carbocycles. The van der Waals surface area contributed by atoms with Gasteiger partial charge in [0.15, 0.2) is 8.24 Å². The first kappa shape index (κ1) is 23.1. The molecular weight excluding hydrogens is 427 g/mol. The van der Waals surface area contributed by atoms with E-state index in [1.165, 1.54) is 0 Å². The van der Waals surface area contributed by atoms with Crippen molar-refractivity contribution in [1.29, 1.82) is 0 Å². The molecule has 4 unspecified atom stereocenters. The van der Waals surface area contributed by atoms with Crippen LogP contribution < -0.4 is 0 Å². The average molecular weight is 457 g/mol. The quantitative estimate of drug-likeness (QED) is 0.329. The van der Waals surface area contributed by atoms with Crippen molar-refractivity contribution in [2.45, 2.75) is 38.1 Å². The summed E-state index contributed by atoms with van der Waals surface area (Å²) >= 11 is -0.556. The van der Waals surface area contributed by atoms with Crippen molar-refractivity contribution in [1.82, 2.24) is 4.57 Å². The second-order valence-electron chi connectivity index (χ2n) is 7.84. The molecule has 0 spiro atoms. The molecule has 5 atom stereocenters. The third kappa shape index (κ3) is 4.38.